The molecule has 2 N–H and O–H groups in total. The third-order valence-corrected chi connectivity index (χ3v) is 10.2. The highest BCUT2D eigenvalue weighted by Gasteiger charge is 2.52. The number of nitrogens with zero attached hydrogens (tertiary/aromatic N) is 6. The maximum Gasteiger partial charge on any atom is 0.445 e. The highest BCUT2D eigenvalue weighted by atomic mass is 32.2. The molecule has 10 nitrogen and oxygen atoms in total. The van der Waals surface area contributed by atoms with Crippen LogP contribution >= 0.6 is 11.3 Å². The van der Waals surface area contributed by atoms with Crippen molar-refractivity contribution < 1.29 is 26.7 Å². The van der Waals surface area contributed by atoms with E-state index < -0.39 is 32.3 Å². The van der Waals surface area contributed by atoms with E-state index in [0.29, 0.717) is 61.3 Å². The van der Waals surface area contributed by atoms with Crippen LogP contribution in [-0.2, 0) is 16.2 Å². The van der Waals surface area contributed by atoms with Crippen molar-refractivity contribution in [1.82, 2.24) is 24.3 Å². The van der Waals surface area contributed by atoms with E-state index in [1.54, 1.807) is 0 Å². The molecule has 2 aliphatic carbocycles. The number of hydrogen-bond acceptors (Lipinski definition) is 9. The van der Waals surface area contributed by atoms with Crippen molar-refractivity contribution in [3.05, 3.63) is 23.5 Å². The van der Waals surface area contributed by atoms with Gasteiger partial charge in [-0.3, -0.25) is 4.40 Å². The quantitative estimate of drug-likeness (QED) is 0.479. The number of halogens is 3. The largest absolute Gasteiger partial charge is 0.445 e. The summed E-state index contributed by atoms with van der Waals surface area (Å²) in [7, 11) is -4.14. The summed E-state index contributed by atoms with van der Waals surface area (Å²) in [5, 5.41) is 25.3. The number of piperidine rings is 1. The van der Waals surface area contributed by atoms with Gasteiger partial charge >= 0.3 is 6.18 Å². The van der Waals surface area contributed by atoms with Crippen LogP contribution in [0.1, 0.15) is 50.5 Å². The van der Waals surface area contributed by atoms with Crippen molar-refractivity contribution in [2.75, 3.05) is 18.0 Å². The van der Waals surface area contributed by atoms with Crippen LogP contribution in [0.25, 0.3) is 16.3 Å². The van der Waals surface area contributed by atoms with Crippen molar-refractivity contribution in [2.24, 2.45) is 5.41 Å². The molecule has 0 aromatic carbocycles. The van der Waals surface area contributed by atoms with Crippen molar-refractivity contribution in [2.45, 2.75) is 67.7 Å². The number of sulfonamides is 1. The van der Waals surface area contributed by atoms with Gasteiger partial charge in [-0.05, 0) is 56.9 Å². The fraction of sp³-hybridized carbons (Fsp3) is 0.565. The number of aromatic nitrogens is 4. The van der Waals surface area contributed by atoms with E-state index in [2.05, 4.69) is 19.9 Å². The summed E-state index contributed by atoms with van der Waals surface area (Å²) in [5.74, 6) is 0.0382. The molecule has 1 saturated heterocycles. The molecule has 0 atom stereocenters. The molecule has 3 fully saturated rings. The first-order valence-corrected chi connectivity index (χ1v) is 14.4. The average Bonchev–Trinajstić information content (AvgIpc) is 3.21. The van der Waals surface area contributed by atoms with E-state index in [1.165, 1.54) is 22.9 Å². The lowest BCUT2D eigenvalue weighted by atomic mass is 9.56. The second-order valence-electron chi connectivity index (χ2n) is 10.9. The number of imidazole rings is 1. The molecule has 3 aromatic rings. The Morgan fingerprint density at radius 2 is 1.87 bits per heavy atom. The summed E-state index contributed by atoms with van der Waals surface area (Å²) < 4.78 is 70.1. The first-order chi connectivity index (χ1) is 17.7. The predicted molar refractivity (Wildman–Crippen MR) is 131 cm³/mol. The van der Waals surface area contributed by atoms with Crippen LogP contribution in [0.4, 0.5) is 18.9 Å². The van der Waals surface area contributed by atoms with Gasteiger partial charge in [0.25, 0.3) is 0 Å². The number of pyridine rings is 1. The molecular weight excluding hydrogens is 543 g/mol. The van der Waals surface area contributed by atoms with Crippen molar-refractivity contribution in [3.63, 3.8) is 0 Å². The lowest BCUT2D eigenvalue weighted by Gasteiger charge is -2.55. The maximum atomic E-state index is 13.3. The number of fused-ring (bicyclic) bond motifs is 1. The summed E-state index contributed by atoms with van der Waals surface area (Å²) in [6.07, 6.45) is 1.97. The zero-order valence-electron chi connectivity index (χ0n) is 20.3. The summed E-state index contributed by atoms with van der Waals surface area (Å²) in [6.45, 7) is 3.06. The Bertz CT molecular complexity index is 1570. The van der Waals surface area contributed by atoms with Crippen LogP contribution < -0.4 is 9.62 Å². The molecule has 1 spiro atoms. The van der Waals surface area contributed by atoms with Crippen molar-refractivity contribution in [3.8, 4) is 16.9 Å². The molecule has 6 rings (SSSR count). The van der Waals surface area contributed by atoms with Crippen LogP contribution in [0.2, 0.25) is 0 Å². The number of anilines is 1. The van der Waals surface area contributed by atoms with Gasteiger partial charge in [-0.1, -0.05) is 11.3 Å². The first kappa shape index (κ1) is 25.5. The number of aliphatic hydroxyl groups is 1. The lowest BCUT2D eigenvalue weighted by Crippen LogP contribution is -2.54. The molecule has 0 unspecified atom stereocenters. The Hall–Kier alpha value is -2.80. The molecule has 202 valence electrons. The van der Waals surface area contributed by atoms with E-state index in [-0.39, 0.29) is 21.1 Å². The maximum absolute atomic E-state index is 13.3. The second kappa shape index (κ2) is 8.10. The summed E-state index contributed by atoms with van der Waals surface area (Å²) in [6, 6.07) is 3.53. The molecule has 4 heterocycles. The highest BCUT2D eigenvalue weighted by Crippen LogP contribution is 2.55. The Balaban J connectivity index is 1.42. The minimum atomic E-state index is -4.67. The molecule has 15 heteroatoms. The molecule has 1 aliphatic heterocycles. The Labute approximate surface area is 220 Å². The van der Waals surface area contributed by atoms with Crippen LogP contribution in [0.15, 0.2) is 23.4 Å². The first-order valence-electron chi connectivity index (χ1n) is 12.1. The fourth-order valence-electron chi connectivity index (χ4n) is 5.86. The molecule has 0 bridgehead atoms. The van der Waals surface area contributed by atoms with E-state index in [1.807, 2.05) is 17.9 Å². The number of nitrogens with one attached hydrogen (secondary N) is 1. The van der Waals surface area contributed by atoms with Gasteiger partial charge in [0.2, 0.25) is 15.0 Å². The number of hydrogen-bond donors (Lipinski definition) is 2. The van der Waals surface area contributed by atoms with E-state index >= 15 is 0 Å². The van der Waals surface area contributed by atoms with Crippen LogP contribution in [-0.4, -0.2) is 57.3 Å². The molecular formula is C23H24F3N7O3S2. The zero-order chi connectivity index (χ0) is 27.1. The van der Waals surface area contributed by atoms with Gasteiger partial charge in [-0.2, -0.15) is 23.2 Å². The van der Waals surface area contributed by atoms with Gasteiger partial charge in [0.15, 0.2) is 10.8 Å². The number of alkyl halides is 3. The summed E-state index contributed by atoms with van der Waals surface area (Å²) >= 11 is 0.325. The third kappa shape index (κ3) is 4.33. The Morgan fingerprint density at radius 1 is 1.18 bits per heavy atom. The highest BCUT2D eigenvalue weighted by molar-refractivity contribution is 7.89. The van der Waals surface area contributed by atoms with Gasteiger partial charge < -0.3 is 10.0 Å². The Morgan fingerprint density at radius 3 is 2.42 bits per heavy atom. The molecule has 2 saturated carbocycles. The molecule has 0 radical (unpaired) electrons. The molecule has 3 aliphatic rings. The fourth-order valence-corrected chi connectivity index (χ4v) is 7.96. The van der Waals surface area contributed by atoms with Gasteiger partial charge in [-0.15, -0.1) is 10.2 Å². The normalized spacial score (nSPS) is 21.8. The molecule has 3 aromatic heterocycles. The predicted octanol–water partition coefficient (Wildman–Crippen LogP) is 3.34. The smallest absolute Gasteiger partial charge is 0.390 e. The number of rotatable bonds is 5. The monoisotopic (exact) mass is 567 g/mol. The SMILES string of the molecule is CC1(O)CC2(CCN(c3cc(S(=O)(=O)NC4(C#N)CC4)cn4c(-c5nnc(C(F)(F)F)s5)ncc34)CC2)C1. The minimum Gasteiger partial charge on any atom is -0.390 e. The molecule has 38 heavy (non-hydrogen) atoms. The standard InChI is InChI=1S/C23H24F3N7O3S2/c1-20(34)11-21(12-20)4-6-32(7-5-21)15-8-14(38(35,36)31-22(13-27)2-3-22)10-33-16(15)9-28-17(33)18-29-30-19(37-18)23(24,25)26/h8-10,31,34H,2-7,11-12H2,1H3. The van der Waals surface area contributed by atoms with Gasteiger partial charge in [-0.25, -0.2) is 13.4 Å². The van der Waals surface area contributed by atoms with E-state index in [9.17, 15) is 32.0 Å². The Kier molecular flexibility index (Phi) is 5.43. The zero-order valence-corrected chi connectivity index (χ0v) is 21.9. The van der Waals surface area contributed by atoms with Crippen molar-refractivity contribution >= 4 is 32.6 Å². The third-order valence-electron chi connectivity index (χ3n) is 7.73. The van der Waals surface area contributed by atoms with E-state index in [0.717, 1.165) is 12.8 Å². The van der Waals surface area contributed by atoms with Crippen LogP contribution in [0.3, 0.4) is 0 Å². The second-order valence-corrected chi connectivity index (χ2v) is 13.6. The number of nitriles is 1. The van der Waals surface area contributed by atoms with Crippen LogP contribution in [0, 0.1) is 16.7 Å². The van der Waals surface area contributed by atoms with Crippen molar-refractivity contribution in [1.29, 1.82) is 5.26 Å². The lowest BCUT2D eigenvalue weighted by molar-refractivity contribution is -0.138. The van der Waals surface area contributed by atoms with Crippen LogP contribution in [0.5, 0.6) is 0 Å². The molecule has 0 amide bonds. The topological polar surface area (TPSA) is 137 Å². The summed E-state index contributed by atoms with van der Waals surface area (Å²) in [5.41, 5.74) is -0.675. The van der Waals surface area contributed by atoms with Gasteiger partial charge in [0.05, 0.1) is 29.1 Å². The van der Waals surface area contributed by atoms with Gasteiger partial charge in [0, 0.05) is 19.3 Å². The minimum absolute atomic E-state index is 0.0382. The van der Waals surface area contributed by atoms with E-state index in [4.69, 9.17) is 0 Å². The summed E-state index contributed by atoms with van der Waals surface area (Å²) in [4.78, 5) is 6.20. The van der Waals surface area contributed by atoms with Gasteiger partial charge in [0.1, 0.15) is 10.4 Å². The average molecular weight is 568 g/mol.